The minimum atomic E-state index is -0.138. The van der Waals surface area contributed by atoms with Crippen molar-refractivity contribution in [2.75, 3.05) is 14.2 Å². The van der Waals surface area contributed by atoms with Crippen molar-refractivity contribution in [3.63, 3.8) is 0 Å². The third-order valence-electron chi connectivity index (χ3n) is 4.95. The first kappa shape index (κ1) is 18.9. The topological polar surface area (TPSA) is 74.6 Å². The summed E-state index contributed by atoms with van der Waals surface area (Å²) in [6.45, 7) is 2.94. The molecule has 150 valence electrons. The number of fused-ring (bicyclic) bond motifs is 3. The van der Waals surface area contributed by atoms with Crippen LogP contribution < -0.4 is 19.5 Å². The third kappa shape index (κ3) is 3.76. The van der Waals surface area contributed by atoms with Gasteiger partial charge in [0, 0.05) is 23.2 Å². The third-order valence-corrected chi connectivity index (χ3v) is 4.95. The molecule has 3 aromatic rings. The Balaban J connectivity index is 1.51. The van der Waals surface area contributed by atoms with Gasteiger partial charge in [-0.05, 0) is 37.3 Å². The molecule has 2 aromatic carbocycles. The van der Waals surface area contributed by atoms with Crippen LogP contribution >= 0.6 is 0 Å². The first-order valence-corrected chi connectivity index (χ1v) is 9.35. The first-order chi connectivity index (χ1) is 14.1. The second-order valence-corrected chi connectivity index (χ2v) is 6.92. The van der Waals surface area contributed by atoms with E-state index in [2.05, 4.69) is 16.5 Å². The van der Waals surface area contributed by atoms with E-state index in [9.17, 15) is 4.79 Å². The van der Waals surface area contributed by atoms with Gasteiger partial charge in [-0.25, -0.2) is 0 Å². The summed E-state index contributed by atoms with van der Waals surface area (Å²) in [6.07, 6.45) is 1.76. The van der Waals surface area contributed by atoms with Gasteiger partial charge < -0.3 is 19.5 Å². The molecule has 2 heterocycles. The van der Waals surface area contributed by atoms with Crippen LogP contribution in [0.1, 0.15) is 16.7 Å². The number of methoxy groups -OCH3 is 2. The van der Waals surface area contributed by atoms with Crippen LogP contribution in [0.3, 0.4) is 0 Å². The summed E-state index contributed by atoms with van der Waals surface area (Å²) in [5, 5.41) is 7.35. The van der Waals surface area contributed by atoms with Crippen LogP contribution in [0.2, 0.25) is 0 Å². The Morgan fingerprint density at radius 3 is 2.86 bits per heavy atom. The average molecular weight is 393 g/mol. The maximum Gasteiger partial charge on any atom is 0.242 e. The Bertz CT molecular complexity index is 1060. The minimum Gasteiger partial charge on any atom is -0.497 e. The van der Waals surface area contributed by atoms with E-state index in [-0.39, 0.29) is 12.5 Å². The lowest BCUT2D eigenvalue weighted by molar-refractivity contribution is -0.122. The van der Waals surface area contributed by atoms with Crippen molar-refractivity contribution in [1.29, 1.82) is 0 Å². The smallest absolute Gasteiger partial charge is 0.242 e. The Morgan fingerprint density at radius 2 is 2.07 bits per heavy atom. The quantitative estimate of drug-likeness (QED) is 0.697. The molecule has 1 aromatic heterocycles. The van der Waals surface area contributed by atoms with Gasteiger partial charge in [0.1, 0.15) is 30.4 Å². The van der Waals surface area contributed by atoms with E-state index >= 15 is 0 Å². The second-order valence-electron chi connectivity index (χ2n) is 6.92. The summed E-state index contributed by atoms with van der Waals surface area (Å²) in [5.41, 5.74) is 4.85. The molecule has 0 atom stereocenters. The van der Waals surface area contributed by atoms with E-state index in [0.717, 1.165) is 33.7 Å². The number of nitrogens with zero attached hydrogens (tertiary/aromatic N) is 2. The largest absolute Gasteiger partial charge is 0.497 e. The highest BCUT2D eigenvalue weighted by atomic mass is 16.5. The van der Waals surface area contributed by atoms with Crippen LogP contribution in [-0.2, 0) is 24.5 Å². The Kier molecular flexibility index (Phi) is 5.12. The van der Waals surface area contributed by atoms with E-state index < -0.39 is 0 Å². The molecule has 4 rings (SSSR count). The Morgan fingerprint density at radius 1 is 1.21 bits per heavy atom. The van der Waals surface area contributed by atoms with Gasteiger partial charge in [-0.15, -0.1) is 0 Å². The van der Waals surface area contributed by atoms with Crippen LogP contribution in [0.4, 0.5) is 0 Å². The summed E-state index contributed by atoms with van der Waals surface area (Å²) in [6, 6.07) is 11.5. The average Bonchev–Trinajstić information content (AvgIpc) is 3.15. The van der Waals surface area contributed by atoms with Gasteiger partial charge >= 0.3 is 0 Å². The summed E-state index contributed by atoms with van der Waals surface area (Å²) < 4.78 is 18.2. The van der Waals surface area contributed by atoms with Crippen molar-refractivity contribution >= 4 is 5.91 Å². The van der Waals surface area contributed by atoms with Crippen molar-refractivity contribution in [1.82, 2.24) is 15.1 Å². The maximum atomic E-state index is 12.6. The number of rotatable bonds is 6. The van der Waals surface area contributed by atoms with Crippen molar-refractivity contribution in [3.8, 4) is 28.5 Å². The highest BCUT2D eigenvalue weighted by molar-refractivity contribution is 5.78. The van der Waals surface area contributed by atoms with Gasteiger partial charge in [-0.1, -0.05) is 11.6 Å². The summed E-state index contributed by atoms with van der Waals surface area (Å²) in [7, 11) is 3.21. The van der Waals surface area contributed by atoms with Gasteiger partial charge in [0.05, 0.1) is 26.1 Å². The molecule has 29 heavy (non-hydrogen) atoms. The molecule has 1 aliphatic rings. The van der Waals surface area contributed by atoms with Crippen molar-refractivity contribution in [2.45, 2.75) is 26.6 Å². The number of aryl methyl sites for hydroxylation is 1. The number of aromatic nitrogens is 2. The van der Waals surface area contributed by atoms with Crippen molar-refractivity contribution < 1.29 is 19.0 Å². The molecule has 1 aliphatic heterocycles. The Labute approximate surface area is 169 Å². The van der Waals surface area contributed by atoms with Gasteiger partial charge in [0.2, 0.25) is 5.91 Å². The van der Waals surface area contributed by atoms with Crippen molar-refractivity contribution in [3.05, 3.63) is 59.3 Å². The molecule has 0 aliphatic carbocycles. The summed E-state index contributed by atoms with van der Waals surface area (Å²) in [5.74, 6) is 2.08. The lowest BCUT2D eigenvalue weighted by atomic mass is 10.0. The molecule has 7 heteroatoms. The lowest BCUT2D eigenvalue weighted by Gasteiger charge is -2.20. The zero-order valence-corrected chi connectivity index (χ0v) is 16.7. The predicted octanol–water partition coefficient (Wildman–Crippen LogP) is 3.08. The number of nitrogens with one attached hydrogen (secondary N) is 1. The van der Waals surface area contributed by atoms with Crippen LogP contribution in [0.5, 0.6) is 17.2 Å². The molecule has 0 radical (unpaired) electrons. The molecule has 7 nitrogen and oxygen atoms in total. The summed E-state index contributed by atoms with van der Waals surface area (Å²) in [4.78, 5) is 12.6. The van der Waals surface area contributed by atoms with Crippen LogP contribution in [-0.4, -0.2) is 29.9 Å². The molecule has 0 spiro atoms. The molecule has 1 N–H and O–H groups in total. The van der Waals surface area contributed by atoms with E-state index in [1.54, 1.807) is 25.1 Å². The molecule has 0 bridgehead atoms. The van der Waals surface area contributed by atoms with Crippen LogP contribution in [0.25, 0.3) is 11.3 Å². The summed E-state index contributed by atoms with van der Waals surface area (Å²) >= 11 is 0. The number of hydrogen-bond donors (Lipinski definition) is 1. The highest BCUT2D eigenvalue weighted by Gasteiger charge is 2.23. The lowest BCUT2D eigenvalue weighted by Crippen LogP contribution is -2.28. The van der Waals surface area contributed by atoms with E-state index in [4.69, 9.17) is 14.2 Å². The monoisotopic (exact) mass is 393 g/mol. The van der Waals surface area contributed by atoms with E-state index in [1.807, 2.05) is 37.3 Å². The number of ether oxygens (including phenoxy) is 3. The molecule has 0 saturated heterocycles. The fourth-order valence-electron chi connectivity index (χ4n) is 3.48. The fourth-order valence-corrected chi connectivity index (χ4v) is 3.48. The van der Waals surface area contributed by atoms with Gasteiger partial charge in [0.15, 0.2) is 0 Å². The zero-order valence-electron chi connectivity index (χ0n) is 16.7. The number of benzene rings is 2. The molecular formula is C22H23N3O4. The fraction of sp³-hybridized carbons (Fsp3) is 0.273. The SMILES string of the molecule is COc1ccc(OC)c(CNC(=O)Cn2ncc3c2-c2cc(C)ccc2OC3)c1. The standard InChI is InChI=1S/C22H23N3O4/c1-14-4-6-20-18(8-14)22-16(13-29-20)11-24-25(22)12-21(26)23-10-15-9-17(27-2)5-7-19(15)28-3/h4-9,11H,10,12-13H2,1-3H3,(H,23,26). The van der Waals surface area contributed by atoms with Crippen molar-refractivity contribution in [2.24, 2.45) is 0 Å². The van der Waals surface area contributed by atoms with Gasteiger partial charge in [-0.2, -0.15) is 5.10 Å². The molecule has 0 saturated carbocycles. The van der Waals surface area contributed by atoms with Crippen LogP contribution in [0.15, 0.2) is 42.6 Å². The zero-order chi connectivity index (χ0) is 20.4. The van der Waals surface area contributed by atoms with Crippen LogP contribution in [0, 0.1) is 6.92 Å². The molecular weight excluding hydrogens is 370 g/mol. The van der Waals surface area contributed by atoms with E-state index in [0.29, 0.717) is 24.7 Å². The van der Waals surface area contributed by atoms with E-state index in [1.165, 1.54) is 0 Å². The number of amides is 1. The Hall–Kier alpha value is -3.48. The minimum absolute atomic E-state index is 0.120. The first-order valence-electron chi connectivity index (χ1n) is 9.35. The van der Waals surface area contributed by atoms with Gasteiger partial charge in [0.25, 0.3) is 0 Å². The second kappa shape index (κ2) is 7.87. The van der Waals surface area contributed by atoms with Gasteiger partial charge in [-0.3, -0.25) is 9.48 Å². The molecule has 0 fully saturated rings. The number of carbonyl (C=O) groups excluding carboxylic acids is 1. The molecule has 0 unspecified atom stereocenters. The highest BCUT2D eigenvalue weighted by Crippen LogP contribution is 2.37. The predicted molar refractivity (Wildman–Crippen MR) is 108 cm³/mol. The normalized spacial score (nSPS) is 11.8. The maximum absolute atomic E-state index is 12.6. The number of hydrogen-bond acceptors (Lipinski definition) is 5. The number of carbonyl (C=O) groups is 1. The molecule has 1 amide bonds.